The van der Waals surface area contributed by atoms with Crippen molar-refractivity contribution >= 4 is 23.1 Å². The van der Waals surface area contributed by atoms with Gasteiger partial charge in [0.2, 0.25) is 0 Å². The Labute approximate surface area is 102 Å². The van der Waals surface area contributed by atoms with E-state index in [1.807, 2.05) is 0 Å². The number of hydrogen-bond acceptors (Lipinski definition) is 4. The molecule has 0 aromatic rings. The predicted octanol–water partition coefficient (Wildman–Crippen LogP) is 0.789. The summed E-state index contributed by atoms with van der Waals surface area (Å²) < 4.78 is 0. The molecule has 4 nitrogen and oxygen atoms in total. The molecule has 88 valence electrons. The zero-order valence-electron chi connectivity index (χ0n) is 9.36. The highest BCUT2D eigenvalue weighted by Crippen LogP contribution is 2.29. The first-order chi connectivity index (χ1) is 8.58. The number of ketones is 4. The van der Waals surface area contributed by atoms with Crippen molar-refractivity contribution in [2.24, 2.45) is 0 Å². The largest absolute Gasteiger partial charge is 0.294 e. The molecule has 0 saturated carbocycles. The van der Waals surface area contributed by atoms with E-state index >= 15 is 0 Å². The van der Waals surface area contributed by atoms with Gasteiger partial charge in [0, 0.05) is 22.3 Å². The molecule has 0 spiro atoms. The lowest BCUT2D eigenvalue weighted by molar-refractivity contribution is -0.122. The molecule has 18 heavy (non-hydrogen) atoms. The monoisotopic (exact) mass is 240 g/mol. The molecule has 0 atom stereocenters. The molecule has 0 aliphatic heterocycles. The molecule has 0 amide bonds. The predicted molar refractivity (Wildman–Crippen MR) is 61.6 cm³/mol. The van der Waals surface area contributed by atoms with E-state index in [4.69, 9.17) is 0 Å². The molecule has 3 aliphatic rings. The smallest absolute Gasteiger partial charge is 0.171 e. The maximum atomic E-state index is 11.6. The molecule has 0 fully saturated rings. The van der Waals surface area contributed by atoms with Crippen LogP contribution in [0.15, 0.2) is 46.6 Å². The summed E-state index contributed by atoms with van der Waals surface area (Å²) in [4.78, 5) is 46.4. The van der Waals surface area contributed by atoms with E-state index in [-0.39, 0.29) is 36.0 Å². The summed E-state index contributed by atoms with van der Waals surface area (Å²) in [6.45, 7) is 0. The lowest BCUT2D eigenvalue weighted by atomic mass is 10.0. The van der Waals surface area contributed by atoms with E-state index in [1.54, 1.807) is 0 Å². The molecule has 3 rings (SSSR count). The van der Waals surface area contributed by atoms with Crippen LogP contribution in [0.1, 0.15) is 12.8 Å². The van der Waals surface area contributed by atoms with Crippen molar-refractivity contribution in [1.82, 2.24) is 0 Å². The van der Waals surface area contributed by atoms with Crippen molar-refractivity contribution in [1.29, 1.82) is 0 Å². The van der Waals surface area contributed by atoms with Gasteiger partial charge in [0.1, 0.15) is 0 Å². The number of Topliss-reactive ketones (excluding diaryl/α,β-unsaturated/α-hetero) is 4. The summed E-state index contributed by atoms with van der Waals surface area (Å²) in [6, 6.07) is 0. The first-order valence-corrected chi connectivity index (χ1v) is 5.55. The van der Waals surface area contributed by atoms with E-state index in [0.29, 0.717) is 22.3 Å². The van der Waals surface area contributed by atoms with Crippen LogP contribution in [-0.4, -0.2) is 23.1 Å². The van der Waals surface area contributed by atoms with Crippen LogP contribution in [-0.2, 0) is 19.2 Å². The van der Waals surface area contributed by atoms with E-state index < -0.39 is 0 Å². The van der Waals surface area contributed by atoms with Gasteiger partial charge in [0.25, 0.3) is 0 Å². The molecule has 0 radical (unpaired) electrons. The summed E-state index contributed by atoms with van der Waals surface area (Å²) in [5.41, 5.74) is 1.31. The fraction of sp³-hybridized carbons (Fsp3) is 0.143. The molecule has 4 heteroatoms. The van der Waals surface area contributed by atoms with Crippen LogP contribution in [0.4, 0.5) is 0 Å². The average Bonchev–Trinajstić information content (AvgIpc) is 2.65. The van der Waals surface area contributed by atoms with Crippen LogP contribution in [0.2, 0.25) is 0 Å². The number of hydrogen-bond donors (Lipinski definition) is 0. The molecule has 0 aromatic heterocycles. The number of carbonyl (C=O) groups is 4. The first-order valence-electron chi connectivity index (χ1n) is 5.55. The number of allylic oxidation sites excluding steroid dienone is 8. The van der Waals surface area contributed by atoms with Crippen LogP contribution >= 0.6 is 0 Å². The molecule has 0 heterocycles. The highest BCUT2D eigenvalue weighted by molar-refractivity contribution is 6.27. The Morgan fingerprint density at radius 2 is 0.722 bits per heavy atom. The summed E-state index contributed by atoms with van der Waals surface area (Å²) in [5.74, 6) is -0.957. The Morgan fingerprint density at radius 3 is 0.944 bits per heavy atom. The van der Waals surface area contributed by atoms with Gasteiger partial charge in [0.15, 0.2) is 23.1 Å². The van der Waals surface area contributed by atoms with Gasteiger partial charge in [-0.3, -0.25) is 19.2 Å². The van der Waals surface area contributed by atoms with Crippen LogP contribution < -0.4 is 0 Å². The van der Waals surface area contributed by atoms with Gasteiger partial charge in [-0.25, -0.2) is 0 Å². The first kappa shape index (κ1) is 10.8. The van der Waals surface area contributed by atoms with Crippen molar-refractivity contribution in [2.75, 3.05) is 0 Å². The zero-order chi connectivity index (χ0) is 12.9. The Balaban J connectivity index is 2.15. The second-order valence-electron chi connectivity index (χ2n) is 4.37. The Morgan fingerprint density at radius 1 is 0.500 bits per heavy atom. The van der Waals surface area contributed by atoms with E-state index in [0.717, 1.165) is 0 Å². The normalized spacial score (nSPS) is 26.2. The highest BCUT2D eigenvalue weighted by atomic mass is 16.2. The van der Waals surface area contributed by atoms with Crippen molar-refractivity contribution in [3.8, 4) is 0 Å². The van der Waals surface area contributed by atoms with E-state index in [1.165, 1.54) is 24.3 Å². The third-order valence-corrected chi connectivity index (χ3v) is 3.26. The SMILES string of the molecule is O=C1CC(=O)C2=C1/C=C\C1=C(/C=C\2)C(=O)CC1=O. The lowest BCUT2D eigenvalue weighted by Crippen LogP contribution is -1.97. The van der Waals surface area contributed by atoms with Gasteiger partial charge in [-0.1, -0.05) is 0 Å². The number of rotatable bonds is 0. The topological polar surface area (TPSA) is 68.3 Å². The van der Waals surface area contributed by atoms with Gasteiger partial charge in [0.05, 0.1) is 12.8 Å². The number of carbonyl (C=O) groups excluding carboxylic acids is 4. The van der Waals surface area contributed by atoms with Crippen LogP contribution in [0.5, 0.6) is 0 Å². The Kier molecular flexibility index (Phi) is 2.13. The minimum absolute atomic E-state index is 0.133. The molecule has 0 saturated heterocycles. The fourth-order valence-corrected chi connectivity index (χ4v) is 2.34. The quantitative estimate of drug-likeness (QED) is 0.587. The maximum Gasteiger partial charge on any atom is 0.171 e. The van der Waals surface area contributed by atoms with E-state index in [9.17, 15) is 19.2 Å². The second kappa shape index (κ2) is 3.57. The van der Waals surface area contributed by atoms with Gasteiger partial charge >= 0.3 is 0 Å². The van der Waals surface area contributed by atoms with Gasteiger partial charge in [-0.15, -0.1) is 0 Å². The molecule has 3 aliphatic carbocycles. The summed E-state index contributed by atoms with van der Waals surface area (Å²) in [6.07, 6.45) is 5.61. The van der Waals surface area contributed by atoms with Crippen molar-refractivity contribution in [3.05, 3.63) is 46.6 Å². The summed E-state index contributed by atoms with van der Waals surface area (Å²) in [7, 11) is 0. The van der Waals surface area contributed by atoms with Gasteiger partial charge in [-0.2, -0.15) is 0 Å². The minimum Gasteiger partial charge on any atom is -0.294 e. The molecular weight excluding hydrogens is 232 g/mol. The molecule has 0 aromatic carbocycles. The van der Waals surface area contributed by atoms with Crippen LogP contribution in [0, 0.1) is 0 Å². The van der Waals surface area contributed by atoms with Crippen molar-refractivity contribution in [3.63, 3.8) is 0 Å². The minimum atomic E-state index is -0.239. The molecule has 0 N–H and O–H groups in total. The Hall–Kier alpha value is -2.36. The highest BCUT2D eigenvalue weighted by Gasteiger charge is 2.32. The van der Waals surface area contributed by atoms with E-state index in [2.05, 4.69) is 0 Å². The Bertz CT molecular complexity index is 543. The van der Waals surface area contributed by atoms with Gasteiger partial charge in [-0.05, 0) is 24.3 Å². The second-order valence-corrected chi connectivity index (χ2v) is 4.37. The zero-order valence-corrected chi connectivity index (χ0v) is 9.36. The summed E-state index contributed by atoms with van der Waals surface area (Å²) in [5, 5.41) is 0. The third-order valence-electron chi connectivity index (χ3n) is 3.26. The van der Waals surface area contributed by atoms with Crippen molar-refractivity contribution < 1.29 is 19.2 Å². The molecular formula is C14H8O4. The fourth-order valence-electron chi connectivity index (χ4n) is 2.34. The van der Waals surface area contributed by atoms with Crippen molar-refractivity contribution in [2.45, 2.75) is 12.8 Å². The van der Waals surface area contributed by atoms with Crippen LogP contribution in [0.3, 0.4) is 0 Å². The maximum absolute atomic E-state index is 11.6. The summed E-state index contributed by atoms with van der Waals surface area (Å²) >= 11 is 0. The van der Waals surface area contributed by atoms with Gasteiger partial charge < -0.3 is 0 Å². The molecule has 0 bridgehead atoms. The average molecular weight is 240 g/mol. The van der Waals surface area contributed by atoms with Crippen LogP contribution in [0.25, 0.3) is 0 Å². The molecule has 0 unspecified atom stereocenters. The standard InChI is InChI=1S/C14H8O4/c15-11-5-13(17)9-3-4-10-8(2-1-7(9)11)12(16)6-14(10)18/h1-4H,5-6H2/b2-1-,4-3-,7-1?,8-2?,9-3?,10-4?. The lowest BCUT2D eigenvalue weighted by Gasteiger charge is -2.01. The third kappa shape index (κ3) is 1.39.